The van der Waals surface area contributed by atoms with Crippen molar-refractivity contribution in [2.24, 2.45) is 5.92 Å². The molecule has 1 saturated heterocycles. The van der Waals surface area contributed by atoms with Gasteiger partial charge in [-0.15, -0.1) is 0 Å². The van der Waals surface area contributed by atoms with Crippen LogP contribution in [0.15, 0.2) is 65.8 Å². The maximum Gasteiger partial charge on any atom is 0.243 e. The maximum absolute atomic E-state index is 13.1. The number of ether oxygens (including phenoxy) is 1. The standard InChI is InChI=1S/C25H30N4O3S/c1-19(2)15-20-7-9-23(10-8-20)33(30,31)29-13-11-28(12-14-29)25-17-24(26-18-27-25)21-5-4-6-22(16-21)32-3/h4-10,16-19H,11-15H2,1-3H3. The highest BCUT2D eigenvalue weighted by Crippen LogP contribution is 2.26. The minimum atomic E-state index is -3.51. The minimum absolute atomic E-state index is 0.353. The van der Waals surface area contributed by atoms with E-state index in [4.69, 9.17) is 4.74 Å². The van der Waals surface area contributed by atoms with Gasteiger partial charge in [0.05, 0.1) is 17.7 Å². The SMILES string of the molecule is COc1cccc(-c2cc(N3CCN(S(=O)(=O)c4ccc(CC(C)C)cc4)CC3)ncn2)c1. The second kappa shape index (κ2) is 9.89. The van der Waals surface area contributed by atoms with E-state index >= 15 is 0 Å². The van der Waals surface area contributed by atoms with Gasteiger partial charge in [-0.25, -0.2) is 18.4 Å². The smallest absolute Gasteiger partial charge is 0.243 e. The van der Waals surface area contributed by atoms with E-state index in [9.17, 15) is 8.42 Å². The summed E-state index contributed by atoms with van der Waals surface area (Å²) in [4.78, 5) is 11.3. The van der Waals surface area contributed by atoms with Crippen molar-refractivity contribution in [1.82, 2.24) is 14.3 Å². The fourth-order valence-electron chi connectivity index (χ4n) is 4.04. The van der Waals surface area contributed by atoms with Gasteiger partial charge in [-0.05, 0) is 42.2 Å². The number of sulfonamides is 1. The predicted octanol–water partition coefficient (Wildman–Crippen LogP) is 3.86. The van der Waals surface area contributed by atoms with Gasteiger partial charge in [0.1, 0.15) is 17.9 Å². The number of aromatic nitrogens is 2. The zero-order chi connectivity index (χ0) is 23.4. The summed E-state index contributed by atoms with van der Waals surface area (Å²) in [6.07, 6.45) is 2.49. The van der Waals surface area contributed by atoms with E-state index in [0.717, 1.165) is 34.8 Å². The fourth-order valence-corrected chi connectivity index (χ4v) is 5.46. The van der Waals surface area contributed by atoms with Gasteiger partial charge in [0.25, 0.3) is 0 Å². The van der Waals surface area contributed by atoms with E-state index < -0.39 is 10.0 Å². The molecule has 7 nitrogen and oxygen atoms in total. The number of piperazine rings is 1. The van der Waals surface area contributed by atoms with Crippen LogP contribution in [-0.4, -0.2) is 56.0 Å². The van der Waals surface area contributed by atoms with Gasteiger partial charge in [-0.1, -0.05) is 38.1 Å². The first kappa shape index (κ1) is 23.2. The Labute approximate surface area is 196 Å². The molecule has 1 aliphatic heterocycles. The van der Waals surface area contributed by atoms with E-state index in [1.54, 1.807) is 29.9 Å². The first-order chi connectivity index (χ1) is 15.9. The molecule has 1 fully saturated rings. The number of anilines is 1. The van der Waals surface area contributed by atoms with E-state index in [1.165, 1.54) is 0 Å². The molecule has 0 bridgehead atoms. The van der Waals surface area contributed by atoms with Crippen LogP contribution in [0.4, 0.5) is 5.82 Å². The Morgan fingerprint density at radius 3 is 2.36 bits per heavy atom. The molecule has 8 heteroatoms. The summed E-state index contributed by atoms with van der Waals surface area (Å²) in [7, 11) is -1.87. The first-order valence-electron chi connectivity index (χ1n) is 11.2. The van der Waals surface area contributed by atoms with Crippen LogP contribution in [0.3, 0.4) is 0 Å². The lowest BCUT2D eigenvalue weighted by Crippen LogP contribution is -2.48. The van der Waals surface area contributed by atoms with Gasteiger partial charge in [0, 0.05) is 37.8 Å². The summed E-state index contributed by atoms with van der Waals surface area (Å²) in [5, 5.41) is 0. The third kappa shape index (κ3) is 5.34. The molecule has 0 aliphatic carbocycles. The number of rotatable bonds is 7. The van der Waals surface area contributed by atoms with Crippen molar-refractivity contribution in [2.75, 3.05) is 38.2 Å². The maximum atomic E-state index is 13.1. The van der Waals surface area contributed by atoms with Crippen molar-refractivity contribution >= 4 is 15.8 Å². The van der Waals surface area contributed by atoms with Gasteiger partial charge < -0.3 is 9.64 Å². The van der Waals surface area contributed by atoms with Gasteiger partial charge in [-0.2, -0.15) is 4.31 Å². The summed E-state index contributed by atoms with van der Waals surface area (Å²) in [6, 6.07) is 17.0. The minimum Gasteiger partial charge on any atom is -0.497 e. The molecule has 2 heterocycles. The fraction of sp³-hybridized carbons (Fsp3) is 0.360. The highest BCUT2D eigenvalue weighted by molar-refractivity contribution is 7.89. The molecule has 0 spiro atoms. The molecular formula is C25H30N4O3S. The number of nitrogens with zero attached hydrogens (tertiary/aromatic N) is 4. The van der Waals surface area contributed by atoms with Crippen molar-refractivity contribution in [1.29, 1.82) is 0 Å². The average molecular weight is 467 g/mol. The van der Waals surface area contributed by atoms with E-state index in [1.807, 2.05) is 42.5 Å². The predicted molar refractivity (Wildman–Crippen MR) is 130 cm³/mol. The summed E-state index contributed by atoms with van der Waals surface area (Å²) in [6.45, 7) is 6.27. The molecule has 0 radical (unpaired) electrons. The van der Waals surface area contributed by atoms with Crippen molar-refractivity contribution in [3.05, 3.63) is 66.5 Å². The van der Waals surface area contributed by atoms with E-state index in [0.29, 0.717) is 37.0 Å². The Hall–Kier alpha value is -2.97. The first-order valence-corrected chi connectivity index (χ1v) is 12.6. The third-order valence-electron chi connectivity index (χ3n) is 5.79. The van der Waals surface area contributed by atoms with Gasteiger partial charge in [-0.3, -0.25) is 0 Å². The largest absolute Gasteiger partial charge is 0.497 e. The van der Waals surface area contributed by atoms with Crippen molar-refractivity contribution in [3.8, 4) is 17.0 Å². The zero-order valence-corrected chi connectivity index (χ0v) is 20.1. The van der Waals surface area contributed by atoms with Crippen molar-refractivity contribution in [3.63, 3.8) is 0 Å². The lowest BCUT2D eigenvalue weighted by molar-refractivity contribution is 0.384. The normalized spacial score (nSPS) is 15.1. The van der Waals surface area contributed by atoms with Crippen LogP contribution in [0.5, 0.6) is 5.75 Å². The van der Waals surface area contributed by atoms with Crippen LogP contribution in [0, 0.1) is 5.92 Å². The molecule has 4 rings (SSSR count). The topological polar surface area (TPSA) is 75.6 Å². The van der Waals surface area contributed by atoms with Crippen LogP contribution in [0.25, 0.3) is 11.3 Å². The van der Waals surface area contributed by atoms with Crippen LogP contribution < -0.4 is 9.64 Å². The molecule has 1 aliphatic rings. The molecule has 1 aromatic heterocycles. The quantitative estimate of drug-likeness (QED) is 0.526. The zero-order valence-electron chi connectivity index (χ0n) is 19.3. The lowest BCUT2D eigenvalue weighted by Gasteiger charge is -2.34. The highest BCUT2D eigenvalue weighted by Gasteiger charge is 2.29. The Balaban J connectivity index is 1.44. The molecular weight excluding hydrogens is 436 g/mol. The Morgan fingerprint density at radius 2 is 1.70 bits per heavy atom. The molecule has 33 heavy (non-hydrogen) atoms. The van der Waals surface area contributed by atoms with Gasteiger partial charge >= 0.3 is 0 Å². The van der Waals surface area contributed by atoms with Crippen LogP contribution in [0.2, 0.25) is 0 Å². The molecule has 0 atom stereocenters. The molecule has 3 aromatic rings. The van der Waals surface area contributed by atoms with Gasteiger partial charge in [0.15, 0.2) is 0 Å². The summed E-state index contributed by atoms with van der Waals surface area (Å²) in [5.74, 6) is 2.09. The van der Waals surface area contributed by atoms with Crippen LogP contribution in [-0.2, 0) is 16.4 Å². The molecule has 174 valence electrons. The van der Waals surface area contributed by atoms with Crippen molar-refractivity contribution in [2.45, 2.75) is 25.2 Å². The lowest BCUT2D eigenvalue weighted by atomic mass is 10.0. The molecule has 0 unspecified atom stereocenters. The summed E-state index contributed by atoms with van der Waals surface area (Å²) < 4.78 is 33.1. The molecule has 0 N–H and O–H groups in total. The van der Waals surface area contributed by atoms with Gasteiger partial charge in [0.2, 0.25) is 10.0 Å². The Bertz CT molecular complexity index is 1190. The molecule has 2 aromatic carbocycles. The number of methoxy groups -OCH3 is 1. The Kier molecular flexibility index (Phi) is 6.95. The van der Waals surface area contributed by atoms with E-state index in [-0.39, 0.29) is 0 Å². The van der Waals surface area contributed by atoms with Crippen LogP contribution >= 0.6 is 0 Å². The molecule has 0 amide bonds. The highest BCUT2D eigenvalue weighted by atomic mass is 32.2. The summed E-state index contributed by atoms with van der Waals surface area (Å²) >= 11 is 0. The summed E-state index contributed by atoms with van der Waals surface area (Å²) in [5.41, 5.74) is 2.90. The number of benzene rings is 2. The third-order valence-corrected chi connectivity index (χ3v) is 7.70. The second-order valence-electron chi connectivity index (χ2n) is 8.63. The number of hydrogen-bond acceptors (Lipinski definition) is 6. The van der Waals surface area contributed by atoms with Crippen molar-refractivity contribution < 1.29 is 13.2 Å². The van der Waals surface area contributed by atoms with E-state index in [2.05, 4.69) is 28.7 Å². The monoisotopic (exact) mass is 466 g/mol. The van der Waals surface area contributed by atoms with Crippen LogP contribution in [0.1, 0.15) is 19.4 Å². The number of hydrogen-bond donors (Lipinski definition) is 0. The Morgan fingerprint density at radius 1 is 0.970 bits per heavy atom. The second-order valence-corrected chi connectivity index (χ2v) is 10.6. The molecule has 0 saturated carbocycles. The average Bonchev–Trinajstić information content (AvgIpc) is 2.84.